The van der Waals surface area contributed by atoms with Gasteiger partial charge in [0.1, 0.15) is 0 Å². The lowest BCUT2D eigenvalue weighted by Crippen LogP contribution is -2.35. The number of hydrogen-bond acceptors (Lipinski definition) is 3. The molecule has 0 spiro atoms. The largest absolute Gasteiger partial charge is 0.370 e. The van der Waals surface area contributed by atoms with Crippen molar-refractivity contribution in [2.24, 2.45) is 11.8 Å². The van der Waals surface area contributed by atoms with Gasteiger partial charge >= 0.3 is 0 Å². The van der Waals surface area contributed by atoms with Crippen molar-refractivity contribution in [2.45, 2.75) is 37.2 Å². The van der Waals surface area contributed by atoms with Gasteiger partial charge in [-0.15, -0.1) is 0 Å². The minimum absolute atomic E-state index is 0.0185. The lowest BCUT2D eigenvalue weighted by Gasteiger charge is -2.27. The second kappa shape index (κ2) is 1.96. The molecule has 3 aliphatic heterocycles. The minimum atomic E-state index is -2.83. The molecule has 3 fully saturated rings. The van der Waals surface area contributed by atoms with Crippen LogP contribution in [0.4, 0.5) is 0 Å². The summed E-state index contributed by atoms with van der Waals surface area (Å²) in [6.45, 7) is 4.19. The van der Waals surface area contributed by atoms with Crippen molar-refractivity contribution in [1.82, 2.24) is 0 Å². The standard InChI is InChI=1S/C9H14O3S/c1-5-6-4-13(10,11)7-3-9(5,2)12-8(6)7/h5-8H,3-4H2,1-2H3. The number of ether oxygens (including phenoxy) is 1. The number of hydrogen-bond donors (Lipinski definition) is 0. The Labute approximate surface area is 78.4 Å². The van der Waals surface area contributed by atoms with Crippen LogP contribution in [0.2, 0.25) is 0 Å². The summed E-state index contributed by atoms with van der Waals surface area (Å²) in [4.78, 5) is 0. The van der Waals surface area contributed by atoms with Gasteiger partial charge in [0.2, 0.25) is 0 Å². The van der Waals surface area contributed by atoms with E-state index >= 15 is 0 Å². The monoisotopic (exact) mass is 202 g/mol. The van der Waals surface area contributed by atoms with Crippen LogP contribution in [-0.4, -0.2) is 31.1 Å². The molecule has 0 aromatic rings. The second-order valence-corrected chi connectivity index (χ2v) is 7.18. The van der Waals surface area contributed by atoms with Crippen LogP contribution in [0.25, 0.3) is 0 Å². The predicted octanol–water partition coefficient (Wildman–Crippen LogP) is 0.597. The third-order valence-electron chi connectivity index (χ3n) is 4.29. The Hall–Kier alpha value is -0.0900. The summed E-state index contributed by atoms with van der Waals surface area (Å²) in [5.74, 6) is 1.04. The Morgan fingerprint density at radius 3 is 2.69 bits per heavy atom. The zero-order chi connectivity index (χ0) is 9.43. The van der Waals surface area contributed by atoms with Gasteiger partial charge in [-0.2, -0.15) is 0 Å². The molecular weight excluding hydrogens is 188 g/mol. The smallest absolute Gasteiger partial charge is 0.156 e. The molecule has 13 heavy (non-hydrogen) atoms. The topological polar surface area (TPSA) is 43.4 Å². The predicted molar refractivity (Wildman–Crippen MR) is 48.1 cm³/mol. The van der Waals surface area contributed by atoms with E-state index in [0.717, 1.165) is 6.42 Å². The Morgan fingerprint density at radius 2 is 2.15 bits per heavy atom. The molecule has 0 aromatic carbocycles. The van der Waals surface area contributed by atoms with Crippen LogP contribution in [0.15, 0.2) is 0 Å². The fourth-order valence-corrected chi connectivity index (χ4v) is 5.82. The fraction of sp³-hybridized carbons (Fsp3) is 1.00. The highest BCUT2D eigenvalue weighted by atomic mass is 32.2. The highest BCUT2D eigenvalue weighted by Crippen LogP contribution is 2.57. The minimum Gasteiger partial charge on any atom is -0.370 e. The highest BCUT2D eigenvalue weighted by molar-refractivity contribution is 7.92. The maximum atomic E-state index is 11.7. The van der Waals surface area contributed by atoms with E-state index in [1.807, 2.05) is 0 Å². The van der Waals surface area contributed by atoms with E-state index in [2.05, 4.69) is 13.8 Å². The SMILES string of the molecule is CC1C2CS(=O)(=O)C3CC1(C)OC23. The summed E-state index contributed by atoms with van der Waals surface area (Å²) < 4.78 is 29.2. The third-order valence-corrected chi connectivity index (χ3v) is 6.50. The van der Waals surface area contributed by atoms with Crippen molar-refractivity contribution in [3.05, 3.63) is 0 Å². The Bertz CT molecular complexity index is 361. The van der Waals surface area contributed by atoms with E-state index in [9.17, 15) is 8.42 Å². The van der Waals surface area contributed by atoms with Gasteiger partial charge < -0.3 is 4.74 Å². The van der Waals surface area contributed by atoms with Crippen molar-refractivity contribution in [3.63, 3.8) is 0 Å². The van der Waals surface area contributed by atoms with Gasteiger partial charge in [-0.1, -0.05) is 6.92 Å². The van der Waals surface area contributed by atoms with Crippen LogP contribution in [0.5, 0.6) is 0 Å². The summed E-state index contributed by atoms with van der Waals surface area (Å²) in [5, 5.41) is -0.182. The lowest BCUT2D eigenvalue weighted by molar-refractivity contribution is 0.0104. The molecule has 0 radical (unpaired) electrons. The number of sulfone groups is 1. The lowest BCUT2D eigenvalue weighted by atomic mass is 9.75. The summed E-state index contributed by atoms with van der Waals surface area (Å²) in [6, 6.07) is 0. The summed E-state index contributed by atoms with van der Waals surface area (Å²) in [5.41, 5.74) is -0.149. The summed E-state index contributed by atoms with van der Waals surface area (Å²) >= 11 is 0. The van der Waals surface area contributed by atoms with Crippen LogP contribution >= 0.6 is 0 Å². The van der Waals surface area contributed by atoms with Crippen molar-refractivity contribution in [3.8, 4) is 0 Å². The Kier molecular flexibility index (Phi) is 1.24. The molecule has 3 nitrogen and oxygen atoms in total. The van der Waals surface area contributed by atoms with Crippen LogP contribution in [0.3, 0.4) is 0 Å². The third kappa shape index (κ3) is 0.773. The number of rotatable bonds is 0. The fourth-order valence-electron chi connectivity index (χ4n) is 3.31. The quantitative estimate of drug-likeness (QED) is 0.577. The Morgan fingerprint density at radius 1 is 1.46 bits per heavy atom. The molecule has 0 saturated carbocycles. The molecule has 3 aliphatic rings. The molecule has 3 saturated heterocycles. The van der Waals surface area contributed by atoms with Crippen molar-refractivity contribution in [1.29, 1.82) is 0 Å². The van der Waals surface area contributed by atoms with Gasteiger partial charge in [0, 0.05) is 5.92 Å². The summed E-state index contributed by atoms with van der Waals surface area (Å²) in [7, 11) is -2.83. The molecule has 2 bridgehead atoms. The van der Waals surface area contributed by atoms with E-state index < -0.39 is 9.84 Å². The van der Waals surface area contributed by atoms with Gasteiger partial charge in [-0.05, 0) is 19.3 Å². The molecule has 5 atom stereocenters. The second-order valence-electron chi connectivity index (χ2n) is 4.92. The maximum absolute atomic E-state index is 11.7. The van der Waals surface area contributed by atoms with Crippen LogP contribution in [0, 0.1) is 11.8 Å². The average molecular weight is 202 g/mol. The maximum Gasteiger partial charge on any atom is 0.156 e. The first-order valence-corrected chi connectivity index (χ1v) is 6.55. The normalized spacial score (nSPS) is 61.7. The number of fused-ring (bicyclic) bond motifs is 1. The Balaban J connectivity index is 2.14. The van der Waals surface area contributed by atoms with Gasteiger partial charge in [0.25, 0.3) is 0 Å². The van der Waals surface area contributed by atoms with Gasteiger partial charge in [-0.25, -0.2) is 8.42 Å². The van der Waals surface area contributed by atoms with Crippen molar-refractivity contribution in [2.75, 3.05) is 5.75 Å². The van der Waals surface area contributed by atoms with E-state index in [4.69, 9.17) is 4.74 Å². The molecule has 3 heterocycles. The highest BCUT2D eigenvalue weighted by Gasteiger charge is 2.67. The zero-order valence-electron chi connectivity index (χ0n) is 7.86. The molecule has 0 amide bonds. The van der Waals surface area contributed by atoms with Gasteiger partial charge in [0.15, 0.2) is 9.84 Å². The summed E-state index contributed by atoms with van der Waals surface area (Å²) in [6.07, 6.45) is 0.738. The zero-order valence-corrected chi connectivity index (χ0v) is 8.67. The van der Waals surface area contributed by atoms with Gasteiger partial charge in [0.05, 0.1) is 22.7 Å². The van der Waals surface area contributed by atoms with E-state index in [1.165, 1.54) is 0 Å². The molecular formula is C9H14O3S. The van der Waals surface area contributed by atoms with E-state index in [0.29, 0.717) is 11.7 Å². The molecule has 0 aromatic heterocycles. The van der Waals surface area contributed by atoms with E-state index in [-0.39, 0.29) is 22.9 Å². The van der Waals surface area contributed by atoms with Gasteiger partial charge in [-0.3, -0.25) is 0 Å². The van der Waals surface area contributed by atoms with Crippen LogP contribution < -0.4 is 0 Å². The molecule has 74 valence electrons. The average Bonchev–Trinajstić information content (AvgIpc) is 2.52. The van der Waals surface area contributed by atoms with Crippen LogP contribution in [0.1, 0.15) is 20.3 Å². The van der Waals surface area contributed by atoms with Crippen molar-refractivity contribution >= 4 is 9.84 Å². The molecule has 0 aliphatic carbocycles. The first-order chi connectivity index (χ1) is 5.94. The first kappa shape index (κ1) is 8.24. The van der Waals surface area contributed by atoms with Crippen molar-refractivity contribution < 1.29 is 13.2 Å². The molecule has 0 N–H and O–H groups in total. The van der Waals surface area contributed by atoms with Crippen LogP contribution in [-0.2, 0) is 14.6 Å². The first-order valence-electron chi connectivity index (χ1n) is 4.83. The molecule has 5 unspecified atom stereocenters. The molecule has 4 heteroatoms. The van der Waals surface area contributed by atoms with E-state index in [1.54, 1.807) is 0 Å². The molecule has 3 rings (SSSR count).